The summed E-state index contributed by atoms with van der Waals surface area (Å²) in [4.78, 5) is 14.2. The van der Waals surface area contributed by atoms with Crippen LogP contribution >= 0.6 is 11.8 Å². The van der Waals surface area contributed by atoms with Crippen molar-refractivity contribution in [3.8, 4) is 0 Å². The smallest absolute Gasteiger partial charge is 0.257 e. The van der Waals surface area contributed by atoms with Gasteiger partial charge in [0.2, 0.25) is 0 Å². The molecule has 6 heteroatoms. The molecular formula is C11H17N3O2S. The van der Waals surface area contributed by atoms with Crippen LogP contribution in [-0.4, -0.2) is 58.8 Å². The maximum absolute atomic E-state index is 12.3. The molecule has 94 valence electrons. The minimum Gasteiger partial charge on any atom is -0.383 e. The highest BCUT2D eigenvalue weighted by Gasteiger charge is 2.27. The third-order valence-corrected chi connectivity index (χ3v) is 4.03. The van der Waals surface area contributed by atoms with Crippen molar-refractivity contribution in [3.05, 3.63) is 18.0 Å². The van der Waals surface area contributed by atoms with Gasteiger partial charge >= 0.3 is 0 Å². The van der Waals surface area contributed by atoms with Gasteiger partial charge < -0.3 is 9.64 Å². The number of aromatic nitrogens is 2. The van der Waals surface area contributed by atoms with Gasteiger partial charge in [-0.25, -0.2) is 0 Å². The number of hydrogen-bond acceptors (Lipinski definition) is 4. The Morgan fingerprint density at radius 3 is 3.24 bits per heavy atom. The summed E-state index contributed by atoms with van der Waals surface area (Å²) in [7, 11) is 1.66. The monoisotopic (exact) mass is 255 g/mol. The Morgan fingerprint density at radius 2 is 2.65 bits per heavy atom. The molecule has 2 rings (SSSR count). The van der Waals surface area contributed by atoms with Gasteiger partial charge in [-0.05, 0) is 12.2 Å². The number of aromatic amines is 1. The number of ether oxygens (including phenoxy) is 1. The maximum Gasteiger partial charge on any atom is 0.257 e. The fourth-order valence-electron chi connectivity index (χ4n) is 1.94. The first kappa shape index (κ1) is 12.4. The van der Waals surface area contributed by atoms with E-state index in [0.29, 0.717) is 24.8 Å². The zero-order valence-electron chi connectivity index (χ0n) is 9.89. The van der Waals surface area contributed by atoms with Crippen LogP contribution in [0, 0.1) is 0 Å². The van der Waals surface area contributed by atoms with Crippen molar-refractivity contribution in [2.75, 3.05) is 31.8 Å². The van der Waals surface area contributed by atoms with E-state index >= 15 is 0 Å². The minimum atomic E-state index is 0.0447. The first-order valence-corrected chi connectivity index (χ1v) is 6.85. The van der Waals surface area contributed by atoms with Crippen molar-refractivity contribution < 1.29 is 9.53 Å². The molecule has 1 amide bonds. The molecule has 0 bridgehead atoms. The first-order valence-electron chi connectivity index (χ1n) is 5.69. The van der Waals surface area contributed by atoms with E-state index < -0.39 is 0 Å². The van der Waals surface area contributed by atoms with E-state index in [4.69, 9.17) is 4.74 Å². The minimum absolute atomic E-state index is 0.0447. The molecule has 1 atom stereocenters. The van der Waals surface area contributed by atoms with Gasteiger partial charge in [-0.2, -0.15) is 16.9 Å². The van der Waals surface area contributed by atoms with E-state index in [9.17, 15) is 4.79 Å². The van der Waals surface area contributed by atoms with Gasteiger partial charge in [0.05, 0.1) is 18.4 Å². The fraction of sp³-hybridized carbons (Fsp3) is 0.636. The number of carbonyl (C=O) groups excluding carboxylic acids is 1. The quantitative estimate of drug-likeness (QED) is 0.853. The molecule has 1 unspecified atom stereocenters. The third kappa shape index (κ3) is 3.01. The summed E-state index contributed by atoms with van der Waals surface area (Å²) in [5.41, 5.74) is 0.623. The number of amides is 1. The first-order chi connectivity index (χ1) is 8.33. The van der Waals surface area contributed by atoms with E-state index in [0.717, 1.165) is 17.9 Å². The van der Waals surface area contributed by atoms with Gasteiger partial charge in [-0.15, -0.1) is 0 Å². The Balaban J connectivity index is 2.06. The van der Waals surface area contributed by atoms with E-state index in [1.807, 2.05) is 16.7 Å². The predicted octanol–water partition coefficient (Wildman–Crippen LogP) is 1.00. The van der Waals surface area contributed by atoms with Gasteiger partial charge in [0.15, 0.2) is 0 Å². The molecule has 0 aliphatic carbocycles. The normalized spacial score (nSPS) is 19.5. The molecule has 1 aromatic rings. The van der Waals surface area contributed by atoms with E-state index in [1.165, 1.54) is 0 Å². The molecule has 1 aliphatic heterocycles. The molecule has 1 N–H and O–H groups in total. The molecular weight excluding hydrogens is 238 g/mol. The number of rotatable bonds is 5. The second-order valence-electron chi connectivity index (χ2n) is 4.00. The highest BCUT2D eigenvalue weighted by molar-refractivity contribution is 7.99. The summed E-state index contributed by atoms with van der Waals surface area (Å²) in [5.74, 6) is 2.20. The van der Waals surface area contributed by atoms with Crippen LogP contribution in [0.2, 0.25) is 0 Å². The lowest BCUT2D eigenvalue weighted by Gasteiger charge is -2.27. The topological polar surface area (TPSA) is 58.2 Å². The Hall–Kier alpha value is -1.01. The van der Waals surface area contributed by atoms with Crippen molar-refractivity contribution in [2.45, 2.75) is 12.5 Å². The second-order valence-corrected chi connectivity index (χ2v) is 5.15. The van der Waals surface area contributed by atoms with E-state index in [1.54, 1.807) is 19.5 Å². The third-order valence-electron chi connectivity index (χ3n) is 2.89. The SMILES string of the molecule is COCCN(C(=O)c1cn[nH]c1)C1CCSC1. The van der Waals surface area contributed by atoms with Crippen LogP contribution in [0.15, 0.2) is 12.4 Å². The number of methoxy groups -OCH3 is 1. The molecule has 0 aromatic carbocycles. The molecule has 0 radical (unpaired) electrons. The number of H-pyrrole nitrogens is 1. The Morgan fingerprint density at radius 1 is 1.76 bits per heavy atom. The van der Waals surface area contributed by atoms with Crippen LogP contribution < -0.4 is 0 Å². The molecule has 1 aliphatic rings. The maximum atomic E-state index is 12.3. The molecule has 2 heterocycles. The summed E-state index contributed by atoms with van der Waals surface area (Å²) >= 11 is 1.90. The average Bonchev–Trinajstić information content (AvgIpc) is 3.02. The predicted molar refractivity (Wildman–Crippen MR) is 67.2 cm³/mol. The summed E-state index contributed by atoms with van der Waals surface area (Å²) in [6, 6.07) is 0.331. The van der Waals surface area contributed by atoms with Crippen LogP contribution in [0.25, 0.3) is 0 Å². The highest BCUT2D eigenvalue weighted by Crippen LogP contribution is 2.23. The van der Waals surface area contributed by atoms with E-state index in [-0.39, 0.29) is 5.91 Å². The summed E-state index contributed by atoms with van der Waals surface area (Å²) < 4.78 is 5.08. The van der Waals surface area contributed by atoms with Gasteiger partial charge in [-0.3, -0.25) is 9.89 Å². The number of carbonyl (C=O) groups is 1. The number of hydrogen-bond donors (Lipinski definition) is 1. The molecule has 17 heavy (non-hydrogen) atoms. The average molecular weight is 255 g/mol. The molecule has 1 saturated heterocycles. The standard InChI is InChI=1S/C11H17N3O2S/c1-16-4-3-14(10-2-5-17-8-10)11(15)9-6-12-13-7-9/h6-7,10H,2-5,8H2,1H3,(H,12,13). The van der Waals surface area contributed by atoms with Gasteiger partial charge in [-0.1, -0.05) is 0 Å². The largest absolute Gasteiger partial charge is 0.383 e. The lowest BCUT2D eigenvalue weighted by Crippen LogP contribution is -2.42. The lowest BCUT2D eigenvalue weighted by atomic mass is 10.2. The van der Waals surface area contributed by atoms with Crippen LogP contribution in [0.4, 0.5) is 0 Å². The van der Waals surface area contributed by atoms with E-state index in [2.05, 4.69) is 10.2 Å². The van der Waals surface area contributed by atoms with Crippen molar-refractivity contribution in [1.29, 1.82) is 0 Å². The summed E-state index contributed by atoms with van der Waals surface area (Å²) in [5, 5.41) is 6.50. The fourth-order valence-corrected chi connectivity index (χ4v) is 3.17. The zero-order valence-corrected chi connectivity index (χ0v) is 10.7. The highest BCUT2D eigenvalue weighted by atomic mass is 32.2. The van der Waals surface area contributed by atoms with Crippen LogP contribution in [-0.2, 0) is 4.74 Å². The van der Waals surface area contributed by atoms with Gasteiger partial charge in [0, 0.05) is 31.6 Å². The van der Waals surface area contributed by atoms with Crippen molar-refractivity contribution in [2.24, 2.45) is 0 Å². The number of nitrogens with zero attached hydrogens (tertiary/aromatic N) is 2. The molecule has 0 spiro atoms. The summed E-state index contributed by atoms with van der Waals surface area (Å²) in [6.45, 7) is 1.22. The molecule has 0 saturated carbocycles. The Kier molecular flexibility index (Phi) is 4.44. The second kappa shape index (κ2) is 6.07. The Labute approximate surface area is 105 Å². The Bertz CT molecular complexity index is 350. The van der Waals surface area contributed by atoms with Crippen LogP contribution in [0.5, 0.6) is 0 Å². The van der Waals surface area contributed by atoms with Crippen LogP contribution in [0.3, 0.4) is 0 Å². The molecule has 5 nitrogen and oxygen atoms in total. The van der Waals surface area contributed by atoms with Gasteiger partial charge in [0.1, 0.15) is 0 Å². The zero-order chi connectivity index (χ0) is 12.1. The van der Waals surface area contributed by atoms with Gasteiger partial charge in [0.25, 0.3) is 5.91 Å². The lowest BCUT2D eigenvalue weighted by molar-refractivity contribution is 0.0625. The summed E-state index contributed by atoms with van der Waals surface area (Å²) in [6.07, 6.45) is 4.28. The van der Waals surface area contributed by atoms with Crippen molar-refractivity contribution >= 4 is 17.7 Å². The number of thioether (sulfide) groups is 1. The van der Waals surface area contributed by atoms with Crippen LogP contribution in [0.1, 0.15) is 16.8 Å². The van der Waals surface area contributed by atoms with Crippen molar-refractivity contribution in [3.63, 3.8) is 0 Å². The number of nitrogens with one attached hydrogen (secondary N) is 1. The molecule has 1 fully saturated rings. The van der Waals surface area contributed by atoms with Crippen molar-refractivity contribution in [1.82, 2.24) is 15.1 Å². The molecule has 1 aromatic heterocycles.